The molecule has 106 valence electrons. The molecule has 0 aliphatic heterocycles. The van der Waals surface area contributed by atoms with Gasteiger partial charge in [0, 0.05) is 13.1 Å². The van der Waals surface area contributed by atoms with Gasteiger partial charge in [-0.05, 0) is 51.4 Å². The molecule has 0 radical (unpaired) electrons. The number of hydrogen-bond acceptors (Lipinski definition) is 5. The summed E-state index contributed by atoms with van der Waals surface area (Å²) >= 11 is 0. The number of rotatable bonds is 7. The zero-order valence-electron chi connectivity index (χ0n) is 11.9. The van der Waals surface area contributed by atoms with Crippen LogP contribution in [0.1, 0.15) is 51.2 Å². The second-order valence-corrected chi connectivity index (χ2v) is 6.81. The van der Waals surface area contributed by atoms with Gasteiger partial charge in [0.25, 0.3) is 0 Å². The molecule has 2 aliphatic carbocycles. The van der Waals surface area contributed by atoms with E-state index < -0.39 is 5.54 Å². The van der Waals surface area contributed by atoms with E-state index >= 15 is 0 Å². The number of nitrogens with two attached hydrogens (primary N) is 1. The summed E-state index contributed by atoms with van der Waals surface area (Å²) in [5.74, 6) is 3.09. The van der Waals surface area contributed by atoms with Crippen LogP contribution in [-0.2, 0) is 12.1 Å². The Kier molecular flexibility index (Phi) is 3.35. The lowest BCUT2D eigenvalue weighted by Crippen LogP contribution is -2.30. The minimum Gasteiger partial charge on any atom is -0.338 e. The summed E-state index contributed by atoms with van der Waals surface area (Å²) in [5, 5.41) is 3.99. The Morgan fingerprint density at radius 2 is 1.79 bits per heavy atom. The van der Waals surface area contributed by atoms with Crippen LogP contribution in [0.5, 0.6) is 0 Å². The summed E-state index contributed by atoms with van der Waals surface area (Å²) < 4.78 is 5.34. The molecular formula is C14H24N4O. The molecule has 0 unspecified atom stereocenters. The Labute approximate surface area is 114 Å². The quantitative estimate of drug-likeness (QED) is 0.814. The predicted octanol–water partition coefficient (Wildman–Crippen LogP) is 1.89. The summed E-state index contributed by atoms with van der Waals surface area (Å²) in [5.41, 5.74) is 5.46. The molecule has 0 atom stereocenters. The van der Waals surface area contributed by atoms with E-state index in [1.807, 2.05) is 13.8 Å². The Hall–Kier alpha value is -0.940. The van der Waals surface area contributed by atoms with Crippen molar-refractivity contribution >= 4 is 0 Å². The SMILES string of the molecule is CC(C)(N)c1noc(CN(CC2CC2)CC2CC2)n1. The average Bonchev–Trinajstić information content (AvgIpc) is 3.21. The third-order valence-corrected chi connectivity index (χ3v) is 3.83. The van der Waals surface area contributed by atoms with Crippen molar-refractivity contribution in [3.05, 3.63) is 11.7 Å². The molecule has 1 heterocycles. The molecule has 1 aromatic rings. The molecule has 2 saturated carbocycles. The maximum Gasteiger partial charge on any atom is 0.240 e. The summed E-state index contributed by atoms with van der Waals surface area (Å²) in [7, 11) is 0. The molecule has 0 spiro atoms. The van der Waals surface area contributed by atoms with Crippen molar-refractivity contribution in [1.82, 2.24) is 15.0 Å². The van der Waals surface area contributed by atoms with E-state index in [1.54, 1.807) is 0 Å². The van der Waals surface area contributed by atoms with Gasteiger partial charge in [0.15, 0.2) is 5.82 Å². The van der Waals surface area contributed by atoms with Crippen LogP contribution in [0.2, 0.25) is 0 Å². The molecule has 2 N–H and O–H groups in total. The first kappa shape index (κ1) is 13.1. The van der Waals surface area contributed by atoms with Gasteiger partial charge in [-0.3, -0.25) is 4.90 Å². The van der Waals surface area contributed by atoms with Gasteiger partial charge in [-0.25, -0.2) is 0 Å². The van der Waals surface area contributed by atoms with Crippen LogP contribution in [0.25, 0.3) is 0 Å². The molecule has 19 heavy (non-hydrogen) atoms. The zero-order chi connectivity index (χ0) is 13.5. The standard InChI is InChI=1S/C14H24N4O/c1-14(2,15)13-16-12(19-17-13)9-18(7-10-3-4-10)8-11-5-6-11/h10-11H,3-9,15H2,1-2H3. The highest BCUT2D eigenvalue weighted by atomic mass is 16.5. The van der Waals surface area contributed by atoms with E-state index in [0.717, 1.165) is 18.4 Å². The van der Waals surface area contributed by atoms with E-state index in [0.29, 0.717) is 11.7 Å². The van der Waals surface area contributed by atoms with Gasteiger partial charge in [0.1, 0.15) is 0 Å². The smallest absolute Gasteiger partial charge is 0.240 e. The lowest BCUT2D eigenvalue weighted by atomic mass is 10.1. The fourth-order valence-electron chi connectivity index (χ4n) is 2.31. The van der Waals surface area contributed by atoms with E-state index in [2.05, 4.69) is 15.0 Å². The molecule has 2 fully saturated rings. The van der Waals surface area contributed by atoms with Crippen LogP contribution < -0.4 is 5.73 Å². The Morgan fingerprint density at radius 3 is 2.21 bits per heavy atom. The normalized spacial score (nSPS) is 20.2. The van der Waals surface area contributed by atoms with Gasteiger partial charge in [0.2, 0.25) is 5.89 Å². The van der Waals surface area contributed by atoms with Gasteiger partial charge in [0.05, 0.1) is 12.1 Å². The maximum atomic E-state index is 5.98. The largest absolute Gasteiger partial charge is 0.338 e. The fourth-order valence-corrected chi connectivity index (χ4v) is 2.31. The minimum absolute atomic E-state index is 0.528. The molecule has 0 aromatic carbocycles. The van der Waals surface area contributed by atoms with Crippen LogP contribution in [0.3, 0.4) is 0 Å². The Morgan fingerprint density at radius 1 is 1.21 bits per heavy atom. The van der Waals surface area contributed by atoms with Crippen molar-refractivity contribution in [1.29, 1.82) is 0 Å². The molecule has 1 aromatic heterocycles. The predicted molar refractivity (Wildman–Crippen MR) is 72.2 cm³/mol. The number of nitrogens with zero attached hydrogens (tertiary/aromatic N) is 3. The summed E-state index contributed by atoms with van der Waals surface area (Å²) in [6.07, 6.45) is 5.52. The van der Waals surface area contributed by atoms with E-state index in [-0.39, 0.29) is 0 Å². The maximum absolute atomic E-state index is 5.98. The van der Waals surface area contributed by atoms with Crippen molar-refractivity contribution in [3.8, 4) is 0 Å². The molecule has 0 amide bonds. The van der Waals surface area contributed by atoms with Crippen LogP contribution in [0.15, 0.2) is 4.52 Å². The average molecular weight is 264 g/mol. The molecule has 5 nitrogen and oxygen atoms in total. The van der Waals surface area contributed by atoms with Crippen LogP contribution >= 0.6 is 0 Å². The van der Waals surface area contributed by atoms with Crippen molar-refractivity contribution in [2.75, 3.05) is 13.1 Å². The molecular weight excluding hydrogens is 240 g/mol. The Balaban J connectivity index is 1.61. The molecule has 0 bridgehead atoms. The molecule has 3 rings (SSSR count). The molecule has 2 aliphatic rings. The zero-order valence-corrected chi connectivity index (χ0v) is 11.9. The van der Waals surface area contributed by atoms with Crippen molar-refractivity contribution in [2.45, 2.75) is 51.6 Å². The first-order chi connectivity index (χ1) is 9.00. The van der Waals surface area contributed by atoms with Gasteiger partial charge in [-0.15, -0.1) is 0 Å². The Bertz CT molecular complexity index is 415. The highest BCUT2D eigenvalue weighted by Crippen LogP contribution is 2.34. The van der Waals surface area contributed by atoms with Gasteiger partial charge in [-0.2, -0.15) is 4.98 Å². The minimum atomic E-state index is -0.528. The molecule has 5 heteroatoms. The summed E-state index contributed by atoms with van der Waals surface area (Å²) in [6.45, 7) is 6.93. The van der Waals surface area contributed by atoms with Crippen LogP contribution in [-0.4, -0.2) is 28.1 Å². The molecule has 0 saturated heterocycles. The fraction of sp³-hybridized carbons (Fsp3) is 0.857. The van der Waals surface area contributed by atoms with Crippen LogP contribution in [0.4, 0.5) is 0 Å². The second kappa shape index (κ2) is 4.87. The van der Waals surface area contributed by atoms with Gasteiger partial charge < -0.3 is 10.3 Å². The number of aromatic nitrogens is 2. The summed E-state index contributed by atoms with van der Waals surface area (Å²) in [4.78, 5) is 6.91. The topological polar surface area (TPSA) is 68.2 Å². The first-order valence-corrected chi connectivity index (χ1v) is 7.35. The number of hydrogen-bond donors (Lipinski definition) is 1. The lowest BCUT2D eigenvalue weighted by Gasteiger charge is -2.19. The van der Waals surface area contributed by atoms with E-state index in [1.165, 1.54) is 38.8 Å². The van der Waals surface area contributed by atoms with Crippen molar-refractivity contribution in [3.63, 3.8) is 0 Å². The highest BCUT2D eigenvalue weighted by molar-refractivity contribution is 4.99. The lowest BCUT2D eigenvalue weighted by molar-refractivity contribution is 0.210. The third-order valence-electron chi connectivity index (χ3n) is 3.83. The van der Waals surface area contributed by atoms with Crippen LogP contribution in [0, 0.1) is 11.8 Å². The highest BCUT2D eigenvalue weighted by Gasteiger charge is 2.30. The first-order valence-electron chi connectivity index (χ1n) is 7.35. The van der Waals surface area contributed by atoms with Gasteiger partial charge in [-0.1, -0.05) is 5.16 Å². The third kappa shape index (κ3) is 3.76. The second-order valence-electron chi connectivity index (χ2n) is 6.81. The van der Waals surface area contributed by atoms with Crippen molar-refractivity contribution < 1.29 is 4.52 Å². The summed E-state index contributed by atoms with van der Waals surface area (Å²) in [6, 6.07) is 0. The van der Waals surface area contributed by atoms with E-state index in [4.69, 9.17) is 10.3 Å². The van der Waals surface area contributed by atoms with Crippen molar-refractivity contribution in [2.24, 2.45) is 17.6 Å². The van der Waals surface area contributed by atoms with E-state index in [9.17, 15) is 0 Å². The van der Waals surface area contributed by atoms with Gasteiger partial charge >= 0.3 is 0 Å². The monoisotopic (exact) mass is 264 g/mol.